The van der Waals surface area contributed by atoms with Crippen molar-refractivity contribution in [1.29, 1.82) is 0 Å². The second kappa shape index (κ2) is 2.56. The molecule has 2 N–H and O–H groups in total. The summed E-state index contributed by atoms with van der Waals surface area (Å²) in [4.78, 5) is 0. The summed E-state index contributed by atoms with van der Waals surface area (Å²) in [6.07, 6.45) is -1.11. The minimum atomic E-state index is -0.557. The van der Waals surface area contributed by atoms with Crippen LogP contribution >= 0.6 is 0 Å². The van der Waals surface area contributed by atoms with Crippen molar-refractivity contribution < 1.29 is 10.2 Å². The van der Waals surface area contributed by atoms with Crippen molar-refractivity contribution in [2.75, 3.05) is 0 Å². The van der Waals surface area contributed by atoms with Crippen LogP contribution in [-0.4, -0.2) is 10.2 Å². The Labute approximate surface area is 77.8 Å². The van der Waals surface area contributed by atoms with Gasteiger partial charge in [-0.3, -0.25) is 0 Å². The molecule has 0 amide bonds. The van der Waals surface area contributed by atoms with Crippen LogP contribution in [0.25, 0.3) is 0 Å². The highest BCUT2D eigenvalue weighted by Gasteiger charge is 2.45. The molecule has 0 saturated carbocycles. The minimum Gasteiger partial charge on any atom is -0.388 e. The normalized spacial score (nSPS) is 30.2. The van der Waals surface area contributed by atoms with Crippen LogP contribution in [0.1, 0.15) is 37.2 Å². The topological polar surface area (TPSA) is 40.5 Å². The number of benzene rings is 1. The molecule has 2 atom stereocenters. The Balaban J connectivity index is 2.57. The maximum absolute atomic E-state index is 9.92. The van der Waals surface area contributed by atoms with Crippen LogP contribution in [0.3, 0.4) is 0 Å². The highest BCUT2D eigenvalue weighted by Crippen LogP contribution is 2.51. The van der Waals surface area contributed by atoms with Gasteiger partial charge < -0.3 is 10.2 Å². The maximum Gasteiger partial charge on any atom is 0.0872 e. The molecule has 0 unspecified atom stereocenters. The number of fused-ring (bicyclic) bond motifs is 1. The van der Waals surface area contributed by atoms with Crippen LogP contribution in [0.15, 0.2) is 24.3 Å². The Bertz CT molecular complexity index is 300. The monoisotopic (exact) mass is 178 g/mol. The van der Waals surface area contributed by atoms with E-state index in [4.69, 9.17) is 0 Å². The van der Waals surface area contributed by atoms with Gasteiger partial charge in [-0.05, 0) is 11.1 Å². The molecular weight excluding hydrogens is 164 g/mol. The Kier molecular flexibility index (Phi) is 1.72. The molecule has 0 aromatic heterocycles. The third-order valence-electron chi connectivity index (χ3n) is 2.99. The lowest BCUT2D eigenvalue weighted by Crippen LogP contribution is -2.21. The summed E-state index contributed by atoms with van der Waals surface area (Å²) in [7, 11) is 0. The van der Waals surface area contributed by atoms with E-state index in [1.807, 2.05) is 38.1 Å². The Hall–Kier alpha value is -0.860. The fraction of sp³-hybridized carbons (Fsp3) is 0.455. The third-order valence-corrected chi connectivity index (χ3v) is 2.99. The molecule has 0 fully saturated rings. The van der Waals surface area contributed by atoms with E-state index in [-0.39, 0.29) is 0 Å². The SMILES string of the molecule is CC1(C)[C@H](O)c2ccccc2[C@H]1O. The molecule has 2 rings (SSSR count). The van der Waals surface area contributed by atoms with Gasteiger partial charge in [0.1, 0.15) is 0 Å². The predicted molar refractivity (Wildman–Crippen MR) is 50.1 cm³/mol. The van der Waals surface area contributed by atoms with E-state index >= 15 is 0 Å². The van der Waals surface area contributed by atoms with Crippen LogP contribution in [0.5, 0.6) is 0 Å². The number of aliphatic hydroxyl groups is 2. The van der Waals surface area contributed by atoms with Gasteiger partial charge in [-0.25, -0.2) is 0 Å². The van der Waals surface area contributed by atoms with E-state index in [1.54, 1.807) is 0 Å². The van der Waals surface area contributed by atoms with Gasteiger partial charge in [0.25, 0.3) is 0 Å². The standard InChI is InChI=1S/C11H14O2/c1-11(2)9(12)7-5-3-4-6-8(7)10(11)13/h3-6,9-10,12-13H,1-2H3/t9-,10-/m1/s1. The predicted octanol–water partition coefficient (Wildman–Crippen LogP) is 1.79. The summed E-state index contributed by atoms with van der Waals surface area (Å²) in [5.41, 5.74) is 1.25. The summed E-state index contributed by atoms with van der Waals surface area (Å²) < 4.78 is 0. The van der Waals surface area contributed by atoms with Gasteiger partial charge in [0.15, 0.2) is 0 Å². The number of hydrogen-bond acceptors (Lipinski definition) is 2. The molecule has 13 heavy (non-hydrogen) atoms. The van der Waals surface area contributed by atoms with Gasteiger partial charge in [0.2, 0.25) is 0 Å². The molecule has 2 heteroatoms. The van der Waals surface area contributed by atoms with Gasteiger partial charge in [-0.15, -0.1) is 0 Å². The summed E-state index contributed by atoms with van der Waals surface area (Å²) in [5, 5.41) is 19.8. The number of hydrogen-bond donors (Lipinski definition) is 2. The molecule has 2 nitrogen and oxygen atoms in total. The fourth-order valence-corrected chi connectivity index (χ4v) is 1.96. The molecule has 0 spiro atoms. The largest absolute Gasteiger partial charge is 0.388 e. The minimum absolute atomic E-state index is 0.469. The van der Waals surface area contributed by atoms with Crippen molar-refractivity contribution in [2.45, 2.75) is 26.1 Å². The van der Waals surface area contributed by atoms with E-state index in [0.717, 1.165) is 11.1 Å². The molecule has 1 aliphatic carbocycles. The maximum atomic E-state index is 9.92. The Morgan fingerprint density at radius 2 is 1.38 bits per heavy atom. The lowest BCUT2D eigenvalue weighted by molar-refractivity contribution is -0.0276. The Morgan fingerprint density at radius 1 is 1.00 bits per heavy atom. The average molecular weight is 178 g/mol. The first-order valence-corrected chi connectivity index (χ1v) is 4.50. The lowest BCUT2D eigenvalue weighted by atomic mass is 9.85. The van der Waals surface area contributed by atoms with Crippen LogP contribution in [-0.2, 0) is 0 Å². The van der Waals surface area contributed by atoms with Crippen LogP contribution in [0.4, 0.5) is 0 Å². The first-order valence-electron chi connectivity index (χ1n) is 4.50. The van der Waals surface area contributed by atoms with Crippen molar-refractivity contribution >= 4 is 0 Å². The highest BCUT2D eigenvalue weighted by atomic mass is 16.3. The quantitative estimate of drug-likeness (QED) is 0.636. The molecular formula is C11H14O2. The van der Waals surface area contributed by atoms with Crippen molar-refractivity contribution in [3.8, 4) is 0 Å². The van der Waals surface area contributed by atoms with Crippen molar-refractivity contribution in [1.82, 2.24) is 0 Å². The van der Waals surface area contributed by atoms with Crippen LogP contribution in [0, 0.1) is 5.41 Å². The van der Waals surface area contributed by atoms with Crippen molar-refractivity contribution in [3.63, 3.8) is 0 Å². The lowest BCUT2D eigenvalue weighted by Gasteiger charge is -2.26. The number of rotatable bonds is 0. The molecule has 1 aromatic rings. The van der Waals surface area contributed by atoms with Gasteiger partial charge in [0.05, 0.1) is 12.2 Å². The first-order chi connectivity index (χ1) is 6.05. The summed E-state index contributed by atoms with van der Waals surface area (Å²) in [6, 6.07) is 7.52. The molecule has 1 aromatic carbocycles. The van der Waals surface area contributed by atoms with Crippen molar-refractivity contribution in [3.05, 3.63) is 35.4 Å². The van der Waals surface area contributed by atoms with Gasteiger partial charge in [-0.1, -0.05) is 38.1 Å². The van der Waals surface area contributed by atoms with Gasteiger partial charge in [-0.2, -0.15) is 0 Å². The zero-order valence-corrected chi connectivity index (χ0v) is 7.86. The third kappa shape index (κ3) is 1.02. The van der Waals surface area contributed by atoms with E-state index in [2.05, 4.69) is 0 Å². The zero-order chi connectivity index (χ0) is 9.64. The molecule has 70 valence electrons. The summed E-state index contributed by atoms with van der Waals surface area (Å²) in [5.74, 6) is 0. The molecule has 0 aliphatic heterocycles. The first kappa shape index (κ1) is 8.73. The molecule has 0 saturated heterocycles. The van der Waals surface area contributed by atoms with E-state index in [0.29, 0.717) is 0 Å². The van der Waals surface area contributed by atoms with E-state index in [9.17, 15) is 10.2 Å². The van der Waals surface area contributed by atoms with Crippen molar-refractivity contribution in [2.24, 2.45) is 5.41 Å². The Morgan fingerprint density at radius 3 is 1.77 bits per heavy atom. The zero-order valence-electron chi connectivity index (χ0n) is 7.86. The summed E-state index contributed by atoms with van der Waals surface area (Å²) in [6.45, 7) is 3.75. The number of aliphatic hydroxyl groups excluding tert-OH is 2. The fourth-order valence-electron chi connectivity index (χ4n) is 1.96. The smallest absolute Gasteiger partial charge is 0.0872 e. The van der Waals surface area contributed by atoms with Crippen LogP contribution < -0.4 is 0 Å². The molecule has 0 heterocycles. The van der Waals surface area contributed by atoms with Gasteiger partial charge in [0, 0.05) is 5.41 Å². The molecule has 0 bridgehead atoms. The molecule has 0 radical (unpaired) electrons. The summed E-state index contributed by atoms with van der Waals surface area (Å²) >= 11 is 0. The second-order valence-corrected chi connectivity index (χ2v) is 4.26. The second-order valence-electron chi connectivity index (χ2n) is 4.26. The van der Waals surface area contributed by atoms with E-state index in [1.165, 1.54) is 0 Å². The highest BCUT2D eigenvalue weighted by molar-refractivity contribution is 5.38. The molecule has 1 aliphatic rings. The van der Waals surface area contributed by atoms with E-state index < -0.39 is 17.6 Å². The van der Waals surface area contributed by atoms with Crippen LogP contribution in [0.2, 0.25) is 0 Å². The average Bonchev–Trinajstić information content (AvgIpc) is 2.30. The van der Waals surface area contributed by atoms with Gasteiger partial charge >= 0.3 is 0 Å².